The summed E-state index contributed by atoms with van der Waals surface area (Å²) in [4.78, 5) is 0. The third kappa shape index (κ3) is 4.25. The Morgan fingerprint density at radius 2 is 1.86 bits per heavy atom. The Morgan fingerprint density at radius 3 is 2.48 bits per heavy atom. The van der Waals surface area contributed by atoms with E-state index in [0.29, 0.717) is 6.04 Å². The highest BCUT2D eigenvalue weighted by Gasteiger charge is 2.12. The first-order valence-corrected chi connectivity index (χ1v) is 7.70. The van der Waals surface area contributed by atoms with Crippen LogP contribution in [0.25, 0.3) is 0 Å². The second kappa shape index (κ2) is 7.72. The normalized spacial score (nSPS) is 12.0. The van der Waals surface area contributed by atoms with Crippen LogP contribution in [0.4, 0.5) is 5.69 Å². The Bertz CT molecular complexity index is 551. The van der Waals surface area contributed by atoms with Crippen molar-refractivity contribution in [3.63, 3.8) is 0 Å². The van der Waals surface area contributed by atoms with E-state index in [2.05, 4.69) is 61.6 Å². The summed E-state index contributed by atoms with van der Waals surface area (Å²) in [5, 5.41) is 3.69. The van der Waals surface area contributed by atoms with Gasteiger partial charge in [0, 0.05) is 5.69 Å². The summed E-state index contributed by atoms with van der Waals surface area (Å²) in [7, 11) is 1.70. The summed E-state index contributed by atoms with van der Waals surface area (Å²) in [5.74, 6) is 0.905. The van der Waals surface area contributed by atoms with E-state index in [1.54, 1.807) is 7.11 Å². The van der Waals surface area contributed by atoms with E-state index in [1.807, 2.05) is 6.07 Å². The van der Waals surface area contributed by atoms with E-state index in [4.69, 9.17) is 4.74 Å². The van der Waals surface area contributed by atoms with E-state index in [9.17, 15) is 0 Å². The first kappa shape index (κ1) is 15.4. The van der Waals surface area contributed by atoms with Crippen molar-refractivity contribution in [2.45, 2.75) is 39.2 Å². The number of hydrogen-bond acceptors (Lipinski definition) is 2. The van der Waals surface area contributed by atoms with Crippen molar-refractivity contribution in [2.24, 2.45) is 0 Å². The van der Waals surface area contributed by atoms with Gasteiger partial charge in [-0.05, 0) is 42.7 Å². The topological polar surface area (TPSA) is 21.3 Å². The molecular formula is C19H25NO. The maximum atomic E-state index is 5.28. The molecular weight excluding hydrogens is 258 g/mol. The average Bonchev–Trinajstić information content (AvgIpc) is 2.53. The molecule has 0 aromatic heterocycles. The number of methoxy groups -OCH3 is 1. The lowest BCUT2D eigenvalue weighted by molar-refractivity contribution is 0.414. The van der Waals surface area contributed by atoms with Crippen LogP contribution in [0, 0.1) is 6.92 Å². The lowest BCUT2D eigenvalue weighted by Crippen LogP contribution is -2.11. The molecule has 0 aliphatic carbocycles. The number of rotatable bonds is 7. The van der Waals surface area contributed by atoms with Crippen molar-refractivity contribution in [1.82, 2.24) is 0 Å². The largest absolute Gasteiger partial charge is 0.497 e. The summed E-state index contributed by atoms with van der Waals surface area (Å²) in [6.45, 7) is 4.35. The van der Waals surface area contributed by atoms with E-state index < -0.39 is 0 Å². The second-order valence-electron chi connectivity index (χ2n) is 5.43. The molecule has 0 amide bonds. The van der Waals surface area contributed by atoms with Crippen LogP contribution in [-0.4, -0.2) is 7.11 Å². The molecule has 21 heavy (non-hydrogen) atoms. The van der Waals surface area contributed by atoms with Crippen molar-refractivity contribution in [2.75, 3.05) is 12.4 Å². The molecule has 2 rings (SSSR count). The zero-order valence-corrected chi connectivity index (χ0v) is 13.2. The Kier molecular flexibility index (Phi) is 5.68. The third-order valence-electron chi connectivity index (χ3n) is 3.81. The predicted molar refractivity (Wildman–Crippen MR) is 90.1 cm³/mol. The Morgan fingerprint density at radius 1 is 1.10 bits per heavy atom. The molecule has 0 aliphatic rings. The van der Waals surface area contributed by atoms with Gasteiger partial charge >= 0.3 is 0 Å². The monoisotopic (exact) mass is 283 g/mol. The summed E-state index contributed by atoms with van der Waals surface area (Å²) in [6.07, 6.45) is 3.58. The quantitative estimate of drug-likeness (QED) is 0.740. The molecule has 0 saturated heterocycles. The molecule has 0 bridgehead atoms. The molecule has 2 heteroatoms. The fraction of sp³-hybridized carbons (Fsp3) is 0.368. The van der Waals surface area contributed by atoms with Gasteiger partial charge < -0.3 is 10.1 Å². The van der Waals surface area contributed by atoms with Gasteiger partial charge in [0.15, 0.2) is 0 Å². The smallest absolute Gasteiger partial charge is 0.119 e. The van der Waals surface area contributed by atoms with Crippen LogP contribution in [-0.2, 0) is 0 Å². The van der Waals surface area contributed by atoms with Gasteiger partial charge in [-0.3, -0.25) is 0 Å². The zero-order valence-electron chi connectivity index (χ0n) is 13.2. The summed E-state index contributed by atoms with van der Waals surface area (Å²) in [5.41, 5.74) is 3.74. The zero-order chi connectivity index (χ0) is 15.1. The van der Waals surface area contributed by atoms with Gasteiger partial charge in [-0.15, -0.1) is 0 Å². The van der Waals surface area contributed by atoms with Crippen LogP contribution in [0.2, 0.25) is 0 Å². The fourth-order valence-corrected chi connectivity index (χ4v) is 2.53. The van der Waals surface area contributed by atoms with Gasteiger partial charge in [0.2, 0.25) is 0 Å². The standard InChI is InChI=1S/C19H25NO/c1-4-5-11-19(16-9-7-6-8-10-16)20-18-13-12-17(21-3)14-15(18)2/h6-10,12-14,19-20H,4-5,11H2,1-3H3. The SMILES string of the molecule is CCCCC(Nc1ccc(OC)cc1C)c1ccccc1. The van der Waals surface area contributed by atoms with Crippen molar-refractivity contribution >= 4 is 5.69 Å². The maximum absolute atomic E-state index is 5.28. The predicted octanol–water partition coefficient (Wildman–Crippen LogP) is 5.35. The Balaban J connectivity index is 2.18. The van der Waals surface area contributed by atoms with Crippen LogP contribution in [0.15, 0.2) is 48.5 Å². The highest BCUT2D eigenvalue weighted by atomic mass is 16.5. The van der Waals surface area contributed by atoms with Crippen molar-refractivity contribution in [1.29, 1.82) is 0 Å². The van der Waals surface area contributed by atoms with E-state index in [0.717, 1.165) is 12.2 Å². The van der Waals surface area contributed by atoms with E-state index in [1.165, 1.54) is 29.7 Å². The van der Waals surface area contributed by atoms with Gasteiger partial charge in [0.1, 0.15) is 5.75 Å². The molecule has 2 nitrogen and oxygen atoms in total. The van der Waals surface area contributed by atoms with E-state index >= 15 is 0 Å². The maximum Gasteiger partial charge on any atom is 0.119 e. The number of benzene rings is 2. The van der Waals surface area contributed by atoms with Gasteiger partial charge in [-0.2, -0.15) is 0 Å². The van der Waals surface area contributed by atoms with Crippen LogP contribution >= 0.6 is 0 Å². The number of anilines is 1. The molecule has 0 fully saturated rings. The first-order valence-electron chi connectivity index (χ1n) is 7.70. The second-order valence-corrected chi connectivity index (χ2v) is 5.43. The minimum Gasteiger partial charge on any atom is -0.497 e. The van der Waals surface area contributed by atoms with Gasteiger partial charge in [0.05, 0.1) is 13.2 Å². The molecule has 1 atom stereocenters. The Hall–Kier alpha value is -1.96. The van der Waals surface area contributed by atoms with E-state index in [-0.39, 0.29) is 0 Å². The third-order valence-corrected chi connectivity index (χ3v) is 3.81. The molecule has 2 aromatic carbocycles. The summed E-state index contributed by atoms with van der Waals surface area (Å²) in [6, 6.07) is 17.2. The number of nitrogens with one attached hydrogen (secondary N) is 1. The number of aryl methyl sites for hydroxylation is 1. The van der Waals surface area contributed by atoms with Gasteiger partial charge in [-0.1, -0.05) is 50.1 Å². The first-order chi connectivity index (χ1) is 10.2. The molecule has 1 N–H and O–H groups in total. The fourth-order valence-electron chi connectivity index (χ4n) is 2.53. The lowest BCUT2D eigenvalue weighted by atomic mass is 10.00. The molecule has 0 saturated carbocycles. The number of ether oxygens (including phenoxy) is 1. The van der Waals surface area contributed by atoms with Crippen molar-refractivity contribution in [3.05, 3.63) is 59.7 Å². The summed E-state index contributed by atoms with van der Waals surface area (Å²) < 4.78 is 5.28. The van der Waals surface area contributed by atoms with Crippen molar-refractivity contribution in [3.8, 4) is 5.75 Å². The number of unbranched alkanes of at least 4 members (excludes halogenated alkanes) is 1. The lowest BCUT2D eigenvalue weighted by Gasteiger charge is -2.22. The van der Waals surface area contributed by atoms with Crippen LogP contribution in [0.3, 0.4) is 0 Å². The number of hydrogen-bond donors (Lipinski definition) is 1. The van der Waals surface area contributed by atoms with Gasteiger partial charge in [0.25, 0.3) is 0 Å². The molecule has 0 heterocycles. The van der Waals surface area contributed by atoms with Crippen LogP contribution in [0.5, 0.6) is 5.75 Å². The Labute approximate surface area is 128 Å². The van der Waals surface area contributed by atoms with Crippen LogP contribution in [0.1, 0.15) is 43.4 Å². The minimum absolute atomic E-state index is 0.359. The molecule has 0 aliphatic heterocycles. The van der Waals surface area contributed by atoms with Crippen molar-refractivity contribution < 1.29 is 4.74 Å². The molecule has 1 unspecified atom stereocenters. The molecule has 0 spiro atoms. The highest BCUT2D eigenvalue weighted by Crippen LogP contribution is 2.28. The van der Waals surface area contributed by atoms with Gasteiger partial charge in [-0.25, -0.2) is 0 Å². The molecule has 112 valence electrons. The highest BCUT2D eigenvalue weighted by molar-refractivity contribution is 5.55. The van der Waals surface area contributed by atoms with Crippen LogP contribution < -0.4 is 10.1 Å². The average molecular weight is 283 g/mol. The minimum atomic E-state index is 0.359. The molecule has 0 radical (unpaired) electrons. The summed E-state index contributed by atoms with van der Waals surface area (Å²) >= 11 is 0. The molecule has 2 aromatic rings.